The molecule has 0 bridgehead atoms. The van der Waals surface area contributed by atoms with Crippen molar-refractivity contribution < 1.29 is 14.3 Å². The van der Waals surface area contributed by atoms with E-state index in [0.29, 0.717) is 13.0 Å². The Morgan fingerprint density at radius 3 is 2.50 bits per heavy atom. The fraction of sp³-hybridized carbons (Fsp3) is 0.933. The Morgan fingerprint density at radius 2 is 2.00 bits per heavy atom. The van der Waals surface area contributed by atoms with Gasteiger partial charge in [0.25, 0.3) is 0 Å². The summed E-state index contributed by atoms with van der Waals surface area (Å²) in [5.74, 6) is -0.219. The van der Waals surface area contributed by atoms with E-state index in [9.17, 15) is 4.79 Å². The number of carbonyl (C=O) groups excluding carboxylic acids is 1. The average molecular weight is 284 g/mol. The van der Waals surface area contributed by atoms with Crippen LogP contribution in [0, 0.1) is 0 Å². The summed E-state index contributed by atoms with van der Waals surface area (Å²) in [5, 5.41) is 3.00. The highest BCUT2D eigenvalue weighted by Crippen LogP contribution is 2.33. The van der Waals surface area contributed by atoms with E-state index in [4.69, 9.17) is 9.47 Å². The molecule has 1 N–H and O–H groups in total. The van der Waals surface area contributed by atoms with Crippen LogP contribution in [0.5, 0.6) is 0 Å². The summed E-state index contributed by atoms with van der Waals surface area (Å²) >= 11 is 0. The third-order valence-electron chi connectivity index (χ3n) is 3.78. The normalized spacial score (nSPS) is 26.9. The molecule has 0 aromatic rings. The van der Waals surface area contributed by atoms with E-state index in [2.05, 4.69) is 17.1 Å². The highest BCUT2D eigenvalue weighted by Gasteiger charge is 2.42. The van der Waals surface area contributed by atoms with Crippen LogP contribution < -0.4 is 5.32 Å². The van der Waals surface area contributed by atoms with Gasteiger partial charge < -0.3 is 19.7 Å². The van der Waals surface area contributed by atoms with Crippen LogP contribution in [0.3, 0.4) is 0 Å². The molecule has 0 aromatic carbocycles. The summed E-state index contributed by atoms with van der Waals surface area (Å²) in [5.41, 5.74) is -0.148. The molecule has 2 heterocycles. The minimum absolute atomic E-state index is 0.125. The summed E-state index contributed by atoms with van der Waals surface area (Å²) in [6.45, 7) is 11.5. The predicted octanol–water partition coefficient (Wildman–Crippen LogP) is 1.52. The van der Waals surface area contributed by atoms with Crippen LogP contribution in [-0.2, 0) is 14.3 Å². The molecule has 2 aliphatic rings. The van der Waals surface area contributed by atoms with Crippen molar-refractivity contribution in [3.05, 3.63) is 0 Å². The summed E-state index contributed by atoms with van der Waals surface area (Å²) in [6, 6.07) is 0. The van der Waals surface area contributed by atoms with Crippen LogP contribution in [0.4, 0.5) is 0 Å². The summed E-state index contributed by atoms with van der Waals surface area (Å²) in [6.07, 6.45) is 2.57. The topological polar surface area (TPSA) is 50.8 Å². The minimum atomic E-state index is -0.344. The van der Waals surface area contributed by atoms with Gasteiger partial charge in [-0.1, -0.05) is 0 Å². The van der Waals surface area contributed by atoms with Crippen molar-refractivity contribution >= 4 is 5.91 Å². The van der Waals surface area contributed by atoms with E-state index in [-0.39, 0.29) is 23.3 Å². The predicted molar refractivity (Wildman–Crippen MR) is 77.4 cm³/mol. The Labute approximate surface area is 122 Å². The van der Waals surface area contributed by atoms with Crippen molar-refractivity contribution in [3.63, 3.8) is 0 Å². The molecule has 116 valence electrons. The van der Waals surface area contributed by atoms with Gasteiger partial charge in [0.2, 0.25) is 5.91 Å². The number of hydrogen-bond acceptors (Lipinski definition) is 4. The second-order valence-electron chi connectivity index (χ2n) is 7.04. The number of nitrogens with zero attached hydrogens (tertiary/aromatic N) is 1. The quantitative estimate of drug-likeness (QED) is 0.853. The fourth-order valence-corrected chi connectivity index (χ4v) is 2.82. The second-order valence-corrected chi connectivity index (χ2v) is 7.04. The molecule has 2 aliphatic heterocycles. The molecule has 0 saturated carbocycles. The molecular weight excluding hydrogens is 256 g/mol. The average Bonchev–Trinajstić information content (AvgIpc) is 2.68. The van der Waals surface area contributed by atoms with E-state index in [1.807, 2.05) is 20.8 Å². The SMILES string of the molecule is CC1COC2(CCN(CCC(=O)NC(C)(C)C)CC2)O1. The van der Waals surface area contributed by atoms with E-state index in [1.165, 1.54) is 0 Å². The zero-order valence-corrected chi connectivity index (χ0v) is 13.2. The summed E-state index contributed by atoms with van der Waals surface area (Å²) in [4.78, 5) is 14.1. The van der Waals surface area contributed by atoms with Gasteiger partial charge in [-0.25, -0.2) is 0 Å². The van der Waals surface area contributed by atoms with Gasteiger partial charge in [0, 0.05) is 44.4 Å². The Balaban J connectivity index is 1.69. The monoisotopic (exact) mass is 284 g/mol. The van der Waals surface area contributed by atoms with Crippen LogP contribution >= 0.6 is 0 Å². The maximum Gasteiger partial charge on any atom is 0.221 e. The molecule has 1 atom stereocenters. The van der Waals surface area contributed by atoms with Crippen LogP contribution in [0.1, 0.15) is 47.0 Å². The Kier molecular flexibility index (Phi) is 4.72. The van der Waals surface area contributed by atoms with Gasteiger partial charge in [-0.2, -0.15) is 0 Å². The van der Waals surface area contributed by atoms with Gasteiger partial charge in [0.1, 0.15) is 0 Å². The first-order valence-corrected chi connectivity index (χ1v) is 7.63. The van der Waals surface area contributed by atoms with Gasteiger partial charge >= 0.3 is 0 Å². The molecule has 1 amide bonds. The zero-order valence-electron chi connectivity index (χ0n) is 13.2. The molecular formula is C15H28N2O3. The number of piperidine rings is 1. The number of ether oxygens (including phenoxy) is 2. The van der Waals surface area contributed by atoms with Crippen molar-refractivity contribution in [2.45, 2.75) is 64.4 Å². The number of amides is 1. The molecule has 0 aromatic heterocycles. The molecule has 0 aliphatic carbocycles. The van der Waals surface area contributed by atoms with Crippen LogP contribution in [0.2, 0.25) is 0 Å². The van der Waals surface area contributed by atoms with E-state index in [1.54, 1.807) is 0 Å². The molecule has 0 radical (unpaired) electrons. The molecule has 1 spiro atoms. The minimum Gasteiger partial charge on any atom is -0.351 e. The van der Waals surface area contributed by atoms with Gasteiger partial charge in [-0.15, -0.1) is 0 Å². The lowest BCUT2D eigenvalue weighted by molar-refractivity contribution is -0.193. The van der Waals surface area contributed by atoms with Gasteiger partial charge in [-0.05, 0) is 27.7 Å². The number of carbonyl (C=O) groups is 1. The molecule has 2 saturated heterocycles. The summed E-state index contributed by atoms with van der Waals surface area (Å²) in [7, 11) is 0. The fourth-order valence-electron chi connectivity index (χ4n) is 2.82. The molecule has 2 fully saturated rings. The van der Waals surface area contributed by atoms with Gasteiger partial charge in [0.05, 0.1) is 12.7 Å². The van der Waals surface area contributed by atoms with Crippen molar-refractivity contribution in [2.24, 2.45) is 0 Å². The van der Waals surface area contributed by atoms with E-state index < -0.39 is 0 Å². The molecule has 1 unspecified atom stereocenters. The Hall–Kier alpha value is -0.650. The first-order chi connectivity index (χ1) is 9.28. The maximum absolute atomic E-state index is 11.8. The number of rotatable bonds is 3. The Bertz CT molecular complexity index is 344. The third-order valence-corrected chi connectivity index (χ3v) is 3.78. The highest BCUT2D eigenvalue weighted by molar-refractivity contribution is 5.76. The first-order valence-electron chi connectivity index (χ1n) is 7.63. The van der Waals surface area contributed by atoms with Crippen molar-refractivity contribution in [2.75, 3.05) is 26.2 Å². The lowest BCUT2D eigenvalue weighted by Crippen LogP contribution is -2.47. The van der Waals surface area contributed by atoms with Crippen LogP contribution in [-0.4, -0.2) is 54.5 Å². The highest BCUT2D eigenvalue weighted by atomic mass is 16.7. The summed E-state index contributed by atoms with van der Waals surface area (Å²) < 4.78 is 11.7. The number of nitrogens with one attached hydrogen (secondary N) is 1. The van der Waals surface area contributed by atoms with E-state index >= 15 is 0 Å². The second kappa shape index (κ2) is 6.00. The zero-order chi connectivity index (χ0) is 14.8. The number of likely N-dealkylation sites (tertiary alicyclic amines) is 1. The van der Waals surface area contributed by atoms with Crippen molar-refractivity contribution in [1.82, 2.24) is 10.2 Å². The van der Waals surface area contributed by atoms with Gasteiger partial charge in [0.15, 0.2) is 5.79 Å². The standard InChI is InChI=1S/C15H28N2O3/c1-12-11-19-15(20-12)6-9-17(10-7-15)8-5-13(18)16-14(2,3)4/h12H,5-11H2,1-4H3,(H,16,18). The lowest BCUT2D eigenvalue weighted by atomic mass is 10.0. The molecule has 20 heavy (non-hydrogen) atoms. The van der Waals surface area contributed by atoms with Crippen molar-refractivity contribution in [3.8, 4) is 0 Å². The lowest BCUT2D eigenvalue weighted by Gasteiger charge is -2.37. The molecule has 5 nitrogen and oxygen atoms in total. The van der Waals surface area contributed by atoms with Gasteiger partial charge in [-0.3, -0.25) is 4.79 Å². The van der Waals surface area contributed by atoms with Crippen LogP contribution in [0.15, 0.2) is 0 Å². The van der Waals surface area contributed by atoms with Crippen molar-refractivity contribution in [1.29, 1.82) is 0 Å². The smallest absolute Gasteiger partial charge is 0.221 e. The first kappa shape index (κ1) is 15.7. The van der Waals surface area contributed by atoms with E-state index in [0.717, 1.165) is 32.5 Å². The third kappa shape index (κ3) is 4.43. The molecule has 5 heteroatoms. The van der Waals surface area contributed by atoms with Crippen LogP contribution in [0.25, 0.3) is 0 Å². The number of hydrogen-bond donors (Lipinski definition) is 1. The maximum atomic E-state index is 11.8. The largest absolute Gasteiger partial charge is 0.351 e. The molecule has 2 rings (SSSR count). The Morgan fingerprint density at radius 1 is 1.35 bits per heavy atom.